The van der Waals surface area contributed by atoms with Gasteiger partial charge in [0.2, 0.25) is 5.91 Å². The van der Waals surface area contributed by atoms with Crippen molar-refractivity contribution < 1.29 is 9.72 Å². The Morgan fingerprint density at radius 3 is 2.41 bits per heavy atom. The molecule has 0 aliphatic carbocycles. The number of nitro groups is 1. The normalized spacial score (nSPS) is 18.0. The molecule has 1 aliphatic heterocycles. The van der Waals surface area contributed by atoms with Gasteiger partial charge < -0.3 is 5.32 Å². The summed E-state index contributed by atoms with van der Waals surface area (Å²) in [5.41, 5.74) is 0.187. The molecule has 1 aromatic rings. The van der Waals surface area contributed by atoms with Crippen molar-refractivity contribution in [2.45, 2.75) is 45.1 Å². The quantitative estimate of drug-likeness (QED) is 0.684. The van der Waals surface area contributed by atoms with E-state index in [4.69, 9.17) is 0 Å². The highest BCUT2D eigenvalue weighted by Gasteiger charge is 2.23. The molecule has 22 heavy (non-hydrogen) atoms. The molecule has 1 heterocycles. The molecule has 1 aromatic carbocycles. The third-order valence-electron chi connectivity index (χ3n) is 4.18. The Bertz CT molecular complexity index is 525. The second-order valence-electron chi connectivity index (χ2n) is 5.74. The summed E-state index contributed by atoms with van der Waals surface area (Å²) in [6, 6.07) is 5.96. The fourth-order valence-electron chi connectivity index (χ4n) is 2.80. The van der Waals surface area contributed by atoms with Crippen molar-refractivity contribution in [1.82, 2.24) is 4.90 Å². The highest BCUT2D eigenvalue weighted by molar-refractivity contribution is 5.96. The number of rotatable bonds is 4. The van der Waals surface area contributed by atoms with Crippen molar-refractivity contribution in [3.05, 3.63) is 34.4 Å². The Balaban J connectivity index is 2.03. The van der Waals surface area contributed by atoms with Crippen molar-refractivity contribution in [2.75, 3.05) is 18.4 Å². The minimum absolute atomic E-state index is 0.0734. The van der Waals surface area contributed by atoms with Gasteiger partial charge in [0, 0.05) is 6.07 Å². The average Bonchev–Trinajstić information content (AvgIpc) is 2.46. The van der Waals surface area contributed by atoms with Crippen LogP contribution in [0.4, 0.5) is 11.4 Å². The van der Waals surface area contributed by atoms with E-state index in [1.165, 1.54) is 25.3 Å². The highest BCUT2D eigenvalue weighted by atomic mass is 16.6. The van der Waals surface area contributed by atoms with Crippen molar-refractivity contribution >= 4 is 17.3 Å². The molecule has 1 amide bonds. The fourth-order valence-corrected chi connectivity index (χ4v) is 2.80. The van der Waals surface area contributed by atoms with Crippen LogP contribution in [0.1, 0.15) is 39.0 Å². The summed E-state index contributed by atoms with van der Waals surface area (Å²) < 4.78 is 0. The van der Waals surface area contributed by atoms with Crippen LogP contribution < -0.4 is 5.32 Å². The predicted molar refractivity (Wildman–Crippen MR) is 85.8 cm³/mol. The SMILES string of the molecule is C[C@H](C(=O)Nc1ccccc1[N+](=O)[O-])N1CCCCCCC1. The van der Waals surface area contributed by atoms with Gasteiger partial charge in [-0.2, -0.15) is 0 Å². The van der Waals surface area contributed by atoms with E-state index < -0.39 is 4.92 Å². The minimum Gasteiger partial charge on any atom is -0.319 e. The molecule has 1 N–H and O–H groups in total. The van der Waals surface area contributed by atoms with Crippen LogP contribution in [0, 0.1) is 10.1 Å². The van der Waals surface area contributed by atoms with Gasteiger partial charge in [-0.25, -0.2) is 0 Å². The standard InChI is InChI=1S/C16H23N3O3/c1-13(18-11-7-3-2-4-8-12-18)16(20)17-14-9-5-6-10-15(14)19(21)22/h5-6,9-10,13H,2-4,7-8,11-12H2,1H3,(H,17,20)/t13-/m1/s1. The Labute approximate surface area is 130 Å². The first-order valence-corrected chi connectivity index (χ1v) is 7.88. The topological polar surface area (TPSA) is 75.5 Å². The van der Waals surface area contributed by atoms with Crippen LogP contribution >= 0.6 is 0 Å². The Morgan fingerprint density at radius 2 is 1.77 bits per heavy atom. The minimum atomic E-state index is -0.476. The molecule has 0 spiro atoms. The lowest BCUT2D eigenvalue weighted by atomic mass is 10.1. The maximum Gasteiger partial charge on any atom is 0.292 e. The molecule has 0 aromatic heterocycles. The van der Waals surface area contributed by atoms with Gasteiger partial charge in [-0.15, -0.1) is 0 Å². The van der Waals surface area contributed by atoms with Crippen LogP contribution in [0.5, 0.6) is 0 Å². The van der Waals surface area contributed by atoms with Gasteiger partial charge in [0.05, 0.1) is 11.0 Å². The zero-order valence-corrected chi connectivity index (χ0v) is 13.0. The van der Waals surface area contributed by atoms with E-state index in [2.05, 4.69) is 10.2 Å². The molecule has 0 bridgehead atoms. The molecule has 0 saturated carbocycles. The van der Waals surface area contributed by atoms with Crippen LogP contribution in [0.15, 0.2) is 24.3 Å². The fraction of sp³-hybridized carbons (Fsp3) is 0.562. The van der Waals surface area contributed by atoms with Crippen LogP contribution in [0.2, 0.25) is 0 Å². The third kappa shape index (κ3) is 4.27. The number of para-hydroxylation sites is 2. The lowest BCUT2D eigenvalue weighted by Crippen LogP contribution is -2.43. The monoisotopic (exact) mass is 305 g/mol. The van der Waals surface area contributed by atoms with E-state index in [1.54, 1.807) is 18.2 Å². The summed E-state index contributed by atoms with van der Waals surface area (Å²) in [5.74, 6) is -0.185. The molecule has 1 saturated heterocycles. The van der Waals surface area contributed by atoms with Gasteiger partial charge in [-0.1, -0.05) is 31.4 Å². The molecule has 1 fully saturated rings. The lowest BCUT2D eigenvalue weighted by molar-refractivity contribution is -0.383. The van der Waals surface area contributed by atoms with E-state index in [0.717, 1.165) is 25.9 Å². The van der Waals surface area contributed by atoms with Crippen LogP contribution in [-0.4, -0.2) is 34.9 Å². The zero-order chi connectivity index (χ0) is 15.9. The number of hydrogen-bond acceptors (Lipinski definition) is 4. The van der Waals surface area contributed by atoms with E-state index in [1.807, 2.05) is 6.92 Å². The molecule has 6 nitrogen and oxygen atoms in total. The maximum atomic E-state index is 12.4. The molecule has 1 atom stereocenters. The lowest BCUT2D eigenvalue weighted by Gasteiger charge is -2.29. The zero-order valence-electron chi connectivity index (χ0n) is 13.0. The number of nitrogens with zero attached hydrogens (tertiary/aromatic N) is 2. The Hall–Kier alpha value is -1.95. The van der Waals surface area contributed by atoms with Crippen molar-refractivity contribution in [2.24, 2.45) is 0 Å². The molecule has 0 radical (unpaired) electrons. The summed E-state index contributed by atoms with van der Waals surface area (Å²) in [6.45, 7) is 3.68. The third-order valence-corrected chi connectivity index (χ3v) is 4.18. The molecule has 2 rings (SSSR count). The molecular weight excluding hydrogens is 282 g/mol. The maximum absolute atomic E-state index is 12.4. The number of nitro benzene ring substituents is 1. The summed E-state index contributed by atoms with van der Waals surface area (Å²) in [5, 5.41) is 13.7. The first kappa shape index (κ1) is 16.4. The van der Waals surface area contributed by atoms with Crippen molar-refractivity contribution in [3.8, 4) is 0 Å². The number of carbonyl (C=O) groups is 1. The summed E-state index contributed by atoms with van der Waals surface area (Å²) in [4.78, 5) is 25.1. The number of carbonyl (C=O) groups excluding carboxylic acids is 1. The number of amides is 1. The largest absolute Gasteiger partial charge is 0.319 e. The highest BCUT2D eigenvalue weighted by Crippen LogP contribution is 2.23. The molecule has 1 aliphatic rings. The van der Waals surface area contributed by atoms with Gasteiger partial charge >= 0.3 is 0 Å². The molecular formula is C16H23N3O3. The smallest absolute Gasteiger partial charge is 0.292 e. The van der Waals surface area contributed by atoms with Gasteiger partial charge in [0.15, 0.2) is 0 Å². The number of likely N-dealkylation sites (tertiary alicyclic amines) is 1. The number of benzene rings is 1. The van der Waals surface area contributed by atoms with Gasteiger partial charge in [0.25, 0.3) is 5.69 Å². The summed E-state index contributed by atoms with van der Waals surface area (Å²) >= 11 is 0. The van der Waals surface area contributed by atoms with Crippen LogP contribution in [0.3, 0.4) is 0 Å². The van der Waals surface area contributed by atoms with Crippen LogP contribution in [0.25, 0.3) is 0 Å². The number of anilines is 1. The number of nitrogens with one attached hydrogen (secondary N) is 1. The second kappa shape index (κ2) is 7.89. The summed E-state index contributed by atoms with van der Waals surface area (Å²) in [7, 11) is 0. The van der Waals surface area contributed by atoms with Gasteiger partial charge in [0.1, 0.15) is 5.69 Å². The van der Waals surface area contributed by atoms with Gasteiger partial charge in [-0.05, 0) is 38.9 Å². The molecule has 0 unspecified atom stereocenters. The predicted octanol–water partition coefficient (Wildman–Crippen LogP) is 3.19. The van der Waals surface area contributed by atoms with E-state index in [-0.39, 0.29) is 23.3 Å². The molecule has 6 heteroatoms. The van der Waals surface area contributed by atoms with E-state index in [9.17, 15) is 14.9 Å². The van der Waals surface area contributed by atoms with Gasteiger partial charge in [-0.3, -0.25) is 19.8 Å². The molecule has 120 valence electrons. The van der Waals surface area contributed by atoms with E-state index >= 15 is 0 Å². The first-order valence-electron chi connectivity index (χ1n) is 7.88. The van der Waals surface area contributed by atoms with Crippen LogP contribution in [-0.2, 0) is 4.79 Å². The van der Waals surface area contributed by atoms with Crippen molar-refractivity contribution in [3.63, 3.8) is 0 Å². The average molecular weight is 305 g/mol. The summed E-state index contributed by atoms with van der Waals surface area (Å²) in [6.07, 6.45) is 5.88. The first-order chi connectivity index (χ1) is 10.6. The second-order valence-corrected chi connectivity index (χ2v) is 5.74. The number of hydrogen-bond donors (Lipinski definition) is 1. The van der Waals surface area contributed by atoms with E-state index in [0.29, 0.717) is 0 Å². The van der Waals surface area contributed by atoms with Crippen molar-refractivity contribution in [1.29, 1.82) is 0 Å². The Kier molecular flexibility index (Phi) is 5.89. The Morgan fingerprint density at radius 1 is 1.18 bits per heavy atom.